The maximum absolute atomic E-state index is 10.7. The van der Waals surface area contributed by atoms with Gasteiger partial charge in [-0.1, -0.05) is 13.0 Å². The van der Waals surface area contributed by atoms with Gasteiger partial charge in [0, 0.05) is 31.6 Å². The number of rotatable bonds is 4. The minimum atomic E-state index is -0.00639. The molecule has 1 aromatic rings. The van der Waals surface area contributed by atoms with Crippen molar-refractivity contribution < 1.29 is 4.74 Å². The largest absolute Gasteiger partial charge is 0.361 e. The molecule has 0 saturated carbocycles. The Balaban J connectivity index is 0.000000253. The average Bonchev–Trinajstić information content (AvgIpc) is 2.52. The van der Waals surface area contributed by atoms with Crippen molar-refractivity contribution >= 4 is 6.34 Å². The summed E-state index contributed by atoms with van der Waals surface area (Å²) in [5.74, 6) is 0. The summed E-state index contributed by atoms with van der Waals surface area (Å²) in [5, 5.41) is 3.74. The highest BCUT2D eigenvalue weighted by Gasteiger charge is 2.06. The van der Waals surface area contributed by atoms with Crippen LogP contribution >= 0.6 is 0 Å². The standard InChI is InChI=1S/C11H18N2O.C6H8N2O/c1-4-6-14-9-13-7-10(3)11(5-2)12-8-13;1-5-4-8(2)7-3-6(5)9/h5,7-8H,4,6,9H2,1-3H3;3-4H,1-2H3/b11-5-;. The summed E-state index contributed by atoms with van der Waals surface area (Å²) >= 11 is 0. The number of nitrogens with zero attached hydrogens (tertiary/aromatic N) is 4. The minimum Gasteiger partial charge on any atom is -0.361 e. The Morgan fingerprint density at radius 1 is 1.35 bits per heavy atom. The summed E-state index contributed by atoms with van der Waals surface area (Å²) in [6, 6.07) is 0. The number of hydrogen-bond donors (Lipinski definition) is 0. The zero-order valence-electron chi connectivity index (χ0n) is 14.6. The van der Waals surface area contributed by atoms with Gasteiger partial charge < -0.3 is 9.64 Å². The van der Waals surface area contributed by atoms with Crippen molar-refractivity contribution in [2.75, 3.05) is 13.3 Å². The first-order valence-corrected chi connectivity index (χ1v) is 7.70. The first-order chi connectivity index (χ1) is 11.0. The second-order valence-electron chi connectivity index (χ2n) is 5.28. The Labute approximate surface area is 137 Å². The quantitative estimate of drug-likeness (QED) is 0.801. The maximum Gasteiger partial charge on any atom is 0.203 e. The van der Waals surface area contributed by atoms with Crippen molar-refractivity contribution in [2.45, 2.75) is 34.1 Å². The van der Waals surface area contributed by atoms with E-state index in [4.69, 9.17) is 4.74 Å². The molecule has 0 radical (unpaired) electrons. The van der Waals surface area contributed by atoms with E-state index in [2.05, 4.69) is 30.1 Å². The molecule has 6 nitrogen and oxygen atoms in total. The molecule has 1 aliphatic heterocycles. The highest BCUT2D eigenvalue weighted by Crippen LogP contribution is 2.15. The van der Waals surface area contributed by atoms with Gasteiger partial charge in [0.15, 0.2) is 0 Å². The number of allylic oxidation sites excluding steroid dienone is 2. The molecule has 23 heavy (non-hydrogen) atoms. The van der Waals surface area contributed by atoms with Crippen molar-refractivity contribution in [3.05, 3.63) is 51.7 Å². The van der Waals surface area contributed by atoms with Crippen molar-refractivity contribution in [1.82, 2.24) is 14.7 Å². The number of ether oxygens (including phenoxy) is 1. The van der Waals surface area contributed by atoms with Gasteiger partial charge >= 0.3 is 0 Å². The third-order valence-electron chi connectivity index (χ3n) is 3.10. The van der Waals surface area contributed by atoms with E-state index in [1.807, 2.05) is 17.9 Å². The Kier molecular flexibility index (Phi) is 7.97. The molecule has 0 saturated heterocycles. The van der Waals surface area contributed by atoms with Gasteiger partial charge in [-0.3, -0.25) is 9.48 Å². The number of aromatic nitrogens is 2. The number of aryl methyl sites for hydroxylation is 2. The van der Waals surface area contributed by atoms with Gasteiger partial charge in [0.2, 0.25) is 5.43 Å². The predicted octanol–water partition coefficient (Wildman–Crippen LogP) is 2.61. The monoisotopic (exact) mass is 318 g/mol. The van der Waals surface area contributed by atoms with E-state index >= 15 is 0 Å². The zero-order valence-corrected chi connectivity index (χ0v) is 14.6. The second-order valence-corrected chi connectivity index (χ2v) is 5.28. The van der Waals surface area contributed by atoms with Gasteiger partial charge in [0.05, 0.1) is 18.2 Å². The van der Waals surface area contributed by atoms with E-state index in [-0.39, 0.29) is 5.43 Å². The second kappa shape index (κ2) is 9.74. The average molecular weight is 318 g/mol. The van der Waals surface area contributed by atoms with E-state index in [1.165, 1.54) is 11.8 Å². The normalized spacial score (nSPS) is 15.3. The molecule has 0 fully saturated rings. The van der Waals surface area contributed by atoms with Gasteiger partial charge in [0.25, 0.3) is 0 Å². The third kappa shape index (κ3) is 6.61. The summed E-state index contributed by atoms with van der Waals surface area (Å²) in [7, 11) is 1.78. The molecule has 0 atom stereocenters. The van der Waals surface area contributed by atoms with Gasteiger partial charge in [-0.15, -0.1) is 0 Å². The van der Waals surface area contributed by atoms with Crippen LogP contribution < -0.4 is 5.43 Å². The van der Waals surface area contributed by atoms with Crippen LogP contribution in [0.3, 0.4) is 0 Å². The van der Waals surface area contributed by atoms with Crippen molar-refractivity contribution in [1.29, 1.82) is 0 Å². The van der Waals surface area contributed by atoms with Crippen molar-refractivity contribution in [3.63, 3.8) is 0 Å². The van der Waals surface area contributed by atoms with E-state index < -0.39 is 0 Å². The lowest BCUT2D eigenvalue weighted by molar-refractivity contribution is 0.0854. The predicted molar refractivity (Wildman–Crippen MR) is 93.2 cm³/mol. The molecule has 0 spiro atoms. The molecular weight excluding hydrogens is 292 g/mol. The highest BCUT2D eigenvalue weighted by atomic mass is 16.5. The Hall–Kier alpha value is -2.21. The van der Waals surface area contributed by atoms with E-state index in [9.17, 15) is 4.79 Å². The summed E-state index contributed by atoms with van der Waals surface area (Å²) < 4.78 is 7.02. The Morgan fingerprint density at radius 3 is 2.61 bits per heavy atom. The van der Waals surface area contributed by atoms with Gasteiger partial charge in [-0.2, -0.15) is 5.10 Å². The molecule has 126 valence electrons. The molecule has 0 unspecified atom stereocenters. The van der Waals surface area contributed by atoms with Crippen LogP contribution in [0.2, 0.25) is 0 Å². The molecule has 0 bridgehead atoms. The van der Waals surface area contributed by atoms with Crippen LogP contribution in [-0.2, 0) is 11.8 Å². The third-order valence-corrected chi connectivity index (χ3v) is 3.10. The smallest absolute Gasteiger partial charge is 0.203 e. The lowest BCUT2D eigenvalue weighted by atomic mass is 10.2. The van der Waals surface area contributed by atoms with Gasteiger partial charge in [0.1, 0.15) is 6.73 Å². The first kappa shape index (κ1) is 18.8. The van der Waals surface area contributed by atoms with Crippen LogP contribution in [0.15, 0.2) is 45.7 Å². The van der Waals surface area contributed by atoms with Gasteiger partial charge in [-0.05, 0) is 32.8 Å². The van der Waals surface area contributed by atoms with Crippen molar-refractivity contribution in [3.8, 4) is 0 Å². The van der Waals surface area contributed by atoms with Crippen LogP contribution in [0.5, 0.6) is 0 Å². The molecule has 0 aliphatic carbocycles. The van der Waals surface area contributed by atoms with Crippen LogP contribution in [0, 0.1) is 6.92 Å². The van der Waals surface area contributed by atoms with Crippen LogP contribution in [0.4, 0.5) is 0 Å². The molecule has 0 amide bonds. The SMILES string of the molecule is C/C=C1\N=CN(COCCC)C=C1C.Cc1cn(C)ncc1=O. The summed E-state index contributed by atoms with van der Waals surface area (Å²) in [6.07, 6.45) is 9.92. The topological polar surface area (TPSA) is 59.7 Å². The van der Waals surface area contributed by atoms with E-state index in [0.29, 0.717) is 6.73 Å². The summed E-state index contributed by atoms with van der Waals surface area (Å²) in [5.41, 5.74) is 2.94. The molecule has 0 N–H and O–H groups in total. The fraction of sp³-hybridized carbons (Fsp3) is 0.471. The fourth-order valence-electron chi connectivity index (χ4n) is 1.90. The number of hydrogen-bond acceptors (Lipinski definition) is 5. The highest BCUT2D eigenvalue weighted by molar-refractivity contribution is 5.62. The minimum absolute atomic E-state index is 0.00639. The summed E-state index contributed by atoms with van der Waals surface area (Å²) in [4.78, 5) is 17.0. The fourth-order valence-corrected chi connectivity index (χ4v) is 1.90. The number of aliphatic imine (C=N–C) groups is 1. The molecular formula is C17H26N4O2. The Bertz CT molecular complexity index is 644. The molecule has 0 aromatic carbocycles. The molecule has 6 heteroatoms. The lowest BCUT2D eigenvalue weighted by Crippen LogP contribution is -2.22. The molecule has 2 rings (SSSR count). The molecule has 1 aliphatic rings. The van der Waals surface area contributed by atoms with Crippen LogP contribution in [0.25, 0.3) is 0 Å². The zero-order chi connectivity index (χ0) is 17.2. The first-order valence-electron chi connectivity index (χ1n) is 7.70. The van der Waals surface area contributed by atoms with Crippen LogP contribution in [-0.4, -0.2) is 34.4 Å². The molecule has 2 heterocycles. The lowest BCUT2D eigenvalue weighted by Gasteiger charge is -2.20. The molecule has 1 aromatic heterocycles. The Morgan fingerprint density at radius 2 is 2.09 bits per heavy atom. The maximum atomic E-state index is 10.7. The summed E-state index contributed by atoms with van der Waals surface area (Å²) in [6.45, 7) is 9.30. The van der Waals surface area contributed by atoms with Gasteiger partial charge in [-0.25, -0.2) is 4.99 Å². The van der Waals surface area contributed by atoms with E-state index in [1.54, 1.807) is 31.2 Å². The van der Waals surface area contributed by atoms with E-state index in [0.717, 1.165) is 24.3 Å². The van der Waals surface area contributed by atoms with Crippen molar-refractivity contribution in [2.24, 2.45) is 12.0 Å². The van der Waals surface area contributed by atoms with Crippen LogP contribution in [0.1, 0.15) is 32.8 Å².